The molecule has 1 aliphatic rings. The number of rotatable bonds is 1. The van der Waals surface area contributed by atoms with E-state index in [0.29, 0.717) is 0 Å². The molecule has 0 atom stereocenters. The summed E-state index contributed by atoms with van der Waals surface area (Å²) in [6.07, 6.45) is 12.5. The first-order valence-corrected chi connectivity index (χ1v) is 6.37. The van der Waals surface area contributed by atoms with Crippen LogP contribution in [0.2, 0.25) is 0 Å². The average Bonchev–Trinajstić information content (AvgIpc) is 2.39. The molecule has 0 saturated carbocycles. The van der Waals surface area contributed by atoms with E-state index in [4.69, 9.17) is 0 Å². The minimum Gasteiger partial charge on any atom is -0.261 e. The lowest BCUT2D eigenvalue weighted by Crippen LogP contribution is -1.99. The summed E-state index contributed by atoms with van der Waals surface area (Å²) in [5.41, 5.74) is 4.29. The summed E-state index contributed by atoms with van der Waals surface area (Å²) in [5, 5.41) is 0. The van der Waals surface area contributed by atoms with Crippen molar-refractivity contribution in [2.75, 3.05) is 0 Å². The van der Waals surface area contributed by atoms with Gasteiger partial charge in [-0.2, -0.15) is 0 Å². The van der Waals surface area contributed by atoms with Gasteiger partial charge < -0.3 is 0 Å². The molecule has 0 N–H and O–H groups in total. The van der Waals surface area contributed by atoms with Gasteiger partial charge in [0.2, 0.25) is 0 Å². The molecular weight excluding hydrogens is 182 g/mol. The number of aromatic nitrogens is 1. The maximum absolute atomic E-state index is 4.63. The summed E-state index contributed by atoms with van der Waals surface area (Å²) < 4.78 is 0. The molecule has 0 aliphatic heterocycles. The third kappa shape index (κ3) is 2.80. The first-order chi connectivity index (χ1) is 7.40. The Labute approximate surface area is 92.9 Å². The number of pyridine rings is 1. The summed E-state index contributed by atoms with van der Waals surface area (Å²) in [4.78, 5) is 4.63. The summed E-state index contributed by atoms with van der Waals surface area (Å²) in [7, 11) is 0. The zero-order chi connectivity index (χ0) is 10.5. The predicted molar refractivity (Wildman–Crippen MR) is 64.1 cm³/mol. The predicted octanol–water partition coefficient (Wildman–Crippen LogP) is 3.69. The van der Waals surface area contributed by atoms with Crippen molar-refractivity contribution in [1.82, 2.24) is 4.98 Å². The van der Waals surface area contributed by atoms with E-state index >= 15 is 0 Å². The lowest BCUT2D eigenvalue weighted by atomic mass is 10.0. The van der Waals surface area contributed by atoms with E-state index in [1.165, 1.54) is 61.8 Å². The number of hydrogen-bond donors (Lipinski definition) is 0. The highest BCUT2D eigenvalue weighted by Crippen LogP contribution is 2.19. The van der Waals surface area contributed by atoms with Crippen LogP contribution < -0.4 is 0 Å². The summed E-state index contributed by atoms with van der Waals surface area (Å²) in [5.74, 6) is 0. The van der Waals surface area contributed by atoms with E-state index in [2.05, 4.69) is 24.2 Å². The number of fused-ring (bicyclic) bond motifs is 1. The fraction of sp³-hybridized carbons (Fsp3) is 0.643. The van der Waals surface area contributed by atoms with Crippen LogP contribution in [0.25, 0.3) is 0 Å². The van der Waals surface area contributed by atoms with Gasteiger partial charge in [0.1, 0.15) is 0 Å². The highest BCUT2D eigenvalue weighted by molar-refractivity contribution is 5.26. The molecule has 0 unspecified atom stereocenters. The topological polar surface area (TPSA) is 12.9 Å². The quantitative estimate of drug-likeness (QED) is 0.678. The first-order valence-electron chi connectivity index (χ1n) is 6.37. The van der Waals surface area contributed by atoms with Gasteiger partial charge in [0.05, 0.1) is 0 Å². The Morgan fingerprint density at radius 3 is 2.60 bits per heavy atom. The highest BCUT2D eigenvalue weighted by Gasteiger charge is 2.07. The van der Waals surface area contributed by atoms with Crippen LogP contribution in [0.5, 0.6) is 0 Å². The maximum atomic E-state index is 4.63. The largest absolute Gasteiger partial charge is 0.261 e. The van der Waals surface area contributed by atoms with E-state index in [1.807, 2.05) is 0 Å². The monoisotopic (exact) mass is 203 g/mol. The second kappa shape index (κ2) is 5.29. The smallest absolute Gasteiger partial charge is 0.0435 e. The fourth-order valence-electron chi connectivity index (χ4n) is 2.36. The Balaban J connectivity index is 2.21. The highest BCUT2D eigenvalue weighted by atomic mass is 14.7. The molecule has 0 spiro atoms. The van der Waals surface area contributed by atoms with Crippen LogP contribution >= 0.6 is 0 Å². The lowest BCUT2D eigenvalue weighted by Gasteiger charge is -2.08. The van der Waals surface area contributed by atoms with Crippen molar-refractivity contribution in [2.24, 2.45) is 0 Å². The maximum Gasteiger partial charge on any atom is 0.0435 e. The summed E-state index contributed by atoms with van der Waals surface area (Å²) in [6, 6.07) is 2.38. The lowest BCUT2D eigenvalue weighted by molar-refractivity contribution is 0.628. The zero-order valence-corrected chi connectivity index (χ0v) is 9.76. The molecule has 0 amide bonds. The second-order valence-electron chi connectivity index (χ2n) is 4.57. The molecule has 15 heavy (non-hydrogen) atoms. The Hall–Kier alpha value is -0.850. The molecule has 2 rings (SSSR count). The van der Waals surface area contributed by atoms with Gasteiger partial charge in [0, 0.05) is 11.9 Å². The van der Waals surface area contributed by atoms with Gasteiger partial charge in [-0.15, -0.1) is 0 Å². The summed E-state index contributed by atoms with van der Waals surface area (Å²) >= 11 is 0. The molecule has 0 fully saturated rings. The minimum absolute atomic E-state index is 1.11. The second-order valence-corrected chi connectivity index (χ2v) is 4.57. The van der Waals surface area contributed by atoms with Crippen molar-refractivity contribution >= 4 is 0 Å². The van der Waals surface area contributed by atoms with Crippen LogP contribution in [0.15, 0.2) is 12.3 Å². The van der Waals surface area contributed by atoms with Gasteiger partial charge in [0.25, 0.3) is 0 Å². The van der Waals surface area contributed by atoms with Gasteiger partial charge >= 0.3 is 0 Å². The van der Waals surface area contributed by atoms with Gasteiger partial charge in [0.15, 0.2) is 0 Å². The molecular formula is C14H21N. The molecule has 1 aliphatic carbocycles. The molecule has 0 radical (unpaired) electrons. The number of nitrogens with zero attached hydrogens (tertiary/aromatic N) is 1. The van der Waals surface area contributed by atoms with Gasteiger partial charge in [-0.05, 0) is 43.2 Å². The Kier molecular flexibility index (Phi) is 3.76. The molecule has 0 bridgehead atoms. The number of hydrogen-bond acceptors (Lipinski definition) is 1. The van der Waals surface area contributed by atoms with Crippen LogP contribution in [0, 0.1) is 0 Å². The standard InChI is InChI=1S/C14H21N/c1-2-12-10-13-8-6-4-3-5-7-9-14(13)15-11-12/h10-11H,2-9H2,1H3. The van der Waals surface area contributed by atoms with Gasteiger partial charge in [-0.3, -0.25) is 4.98 Å². The van der Waals surface area contributed by atoms with Crippen molar-refractivity contribution in [3.8, 4) is 0 Å². The molecule has 1 aromatic rings. The van der Waals surface area contributed by atoms with E-state index in [1.54, 1.807) is 0 Å². The van der Waals surface area contributed by atoms with Crippen LogP contribution in [-0.4, -0.2) is 4.98 Å². The molecule has 1 heteroatoms. The Morgan fingerprint density at radius 1 is 1.07 bits per heavy atom. The fourth-order valence-corrected chi connectivity index (χ4v) is 2.36. The molecule has 1 heterocycles. The van der Waals surface area contributed by atoms with Crippen molar-refractivity contribution < 1.29 is 0 Å². The van der Waals surface area contributed by atoms with Crippen LogP contribution in [-0.2, 0) is 19.3 Å². The van der Waals surface area contributed by atoms with E-state index in [-0.39, 0.29) is 0 Å². The minimum atomic E-state index is 1.11. The molecule has 1 aromatic heterocycles. The normalized spacial score (nSPS) is 17.4. The van der Waals surface area contributed by atoms with E-state index in [0.717, 1.165) is 6.42 Å². The molecule has 0 saturated heterocycles. The molecule has 1 nitrogen and oxygen atoms in total. The summed E-state index contributed by atoms with van der Waals surface area (Å²) in [6.45, 7) is 2.21. The number of aryl methyl sites for hydroxylation is 3. The average molecular weight is 203 g/mol. The SMILES string of the molecule is CCc1cnc2c(c1)CCCCCCC2. The van der Waals surface area contributed by atoms with Crippen LogP contribution in [0.3, 0.4) is 0 Å². The van der Waals surface area contributed by atoms with Crippen LogP contribution in [0.4, 0.5) is 0 Å². The van der Waals surface area contributed by atoms with Crippen molar-refractivity contribution in [1.29, 1.82) is 0 Å². The van der Waals surface area contributed by atoms with Gasteiger partial charge in [-0.1, -0.05) is 32.3 Å². The van der Waals surface area contributed by atoms with E-state index < -0.39 is 0 Å². The Bertz CT molecular complexity index is 317. The van der Waals surface area contributed by atoms with Crippen LogP contribution in [0.1, 0.15) is 55.8 Å². The van der Waals surface area contributed by atoms with Crippen molar-refractivity contribution in [3.05, 3.63) is 29.1 Å². The van der Waals surface area contributed by atoms with Gasteiger partial charge in [-0.25, -0.2) is 0 Å². The van der Waals surface area contributed by atoms with Crippen molar-refractivity contribution in [3.63, 3.8) is 0 Å². The van der Waals surface area contributed by atoms with Crippen molar-refractivity contribution in [2.45, 2.75) is 58.3 Å². The third-order valence-electron chi connectivity index (χ3n) is 3.38. The third-order valence-corrected chi connectivity index (χ3v) is 3.38. The Morgan fingerprint density at radius 2 is 1.80 bits per heavy atom. The zero-order valence-electron chi connectivity index (χ0n) is 9.76. The first kappa shape index (κ1) is 10.7. The van der Waals surface area contributed by atoms with E-state index in [9.17, 15) is 0 Å². The molecule has 82 valence electrons. The molecule has 0 aromatic carbocycles.